The molecule has 0 saturated heterocycles. The average Bonchev–Trinajstić information content (AvgIpc) is 2.83. The lowest BCUT2D eigenvalue weighted by Crippen LogP contribution is -2.18. The minimum atomic E-state index is 0.941. The number of benzene rings is 2. The highest BCUT2D eigenvalue weighted by Gasteiger charge is 2.18. The maximum Gasteiger partial charge on any atom is 0.0244 e. The molecule has 3 rings (SSSR count). The normalized spacial score (nSPS) is 14.6. The fourth-order valence-electron chi connectivity index (χ4n) is 2.83. The summed E-state index contributed by atoms with van der Waals surface area (Å²) in [5.41, 5.74) is 5.80. The molecule has 0 amide bonds. The van der Waals surface area contributed by atoms with E-state index in [9.17, 15) is 0 Å². The lowest BCUT2D eigenvalue weighted by Gasteiger charge is -2.17. The van der Waals surface area contributed by atoms with E-state index in [1.54, 1.807) is 0 Å². The number of nitrogens with zero attached hydrogens (tertiary/aromatic N) is 1. The molecular weight excluding hydrogens is 232 g/mol. The zero-order chi connectivity index (χ0) is 13.1. The number of hydrogen-bond donors (Lipinski definition) is 1. The largest absolute Gasteiger partial charge is 0.316 e. The number of fused-ring (bicyclic) bond motifs is 1. The number of hydrogen-bond acceptors (Lipinski definition) is 2. The zero-order valence-electron chi connectivity index (χ0n) is 11.4. The van der Waals surface area contributed by atoms with Crippen molar-refractivity contribution in [1.29, 1.82) is 0 Å². The Morgan fingerprint density at radius 1 is 0.895 bits per heavy atom. The van der Waals surface area contributed by atoms with Gasteiger partial charge in [-0.2, -0.15) is 0 Å². The smallest absolute Gasteiger partial charge is 0.0244 e. The van der Waals surface area contributed by atoms with E-state index < -0.39 is 0 Å². The van der Waals surface area contributed by atoms with Gasteiger partial charge in [-0.1, -0.05) is 48.5 Å². The van der Waals surface area contributed by atoms with E-state index >= 15 is 0 Å². The summed E-state index contributed by atoms with van der Waals surface area (Å²) in [6, 6.07) is 17.5. The summed E-state index contributed by atoms with van der Waals surface area (Å²) in [5, 5.41) is 3.25. The highest BCUT2D eigenvalue weighted by atomic mass is 15.1. The molecule has 0 bridgehead atoms. The van der Waals surface area contributed by atoms with Crippen molar-refractivity contribution in [2.45, 2.75) is 26.2 Å². The Balaban J connectivity index is 1.74. The Morgan fingerprint density at radius 3 is 2.11 bits per heavy atom. The van der Waals surface area contributed by atoms with Crippen molar-refractivity contribution >= 4 is 0 Å². The van der Waals surface area contributed by atoms with Crippen molar-refractivity contribution in [2.24, 2.45) is 0 Å². The van der Waals surface area contributed by atoms with Crippen LogP contribution in [0.5, 0.6) is 0 Å². The molecule has 2 aromatic rings. The van der Waals surface area contributed by atoms with Crippen LogP contribution in [0.25, 0.3) is 0 Å². The van der Waals surface area contributed by atoms with E-state index in [0.717, 1.165) is 26.2 Å². The first-order valence-corrected chi connectivity index (χ1v) is 6.87. The quantitative estimate of drug-likeness (QED) is 0.900. The summed E-state index contributed by atoms with van der Waals surface area (Å²) in [7, 11) is 2.00. The van der Waals surface area contributed by atoms with Crippen LogP contribution in [0.4, 0.5) is 0 Å². The van der Waals surface area contributed by atoms with E-state index in [1.165, 1.54) is 22.3 Å². The van der Waals surface area contributed by atoms with Crippen LogP contribution in [0, 0.1) is 0 Å². The predicted octanol–water partition coefficient (Wildman–Crippen LogP) is 2.92. The lowest BCUT2D eigenvalue weighted by molar-refractivity contribution is 0.274. The third kappa shape index (κ3) is 2.70. The summed E-state index contributed by atoms with van der Waals surface area (Å²) in [6.07, 6.45) is 0. The molecule has 0 aromatic heterocycles. The molecule has 0 aliphatic carbocycles. The highest BCUT2D eigenvalue weighted by molar-refractivity contribution is 5.32. The van der Waals surface area contributed by atoms with Gasteiger partial charge in [-0.25, -0.2) is 0 Å². The van der Waals surface area contributed by atoms with Crippen LogP contribution in [0.15, 0.2) is 48.5 Å². The van der Waals surface area contributed by atoms with Gasteiger partial charge < -0.3 is 5.32 Å². The van der Waals surface area contributed by atoms with Gasteiger partial charge in [0.1, 0.15) is 0 Å². The molecule has 19 heavy (non-hydrogen) atoms. The molecule has 98 valence electrons. The van der Waals surface area contributed by atoms with Crippen molar-refractivity contribution in [3.8, 4) is 0 Å². The summed E-state index contributed by atoms with van der Waals surface area (Å²) >= 11 is 0. The monoisotopic (exact) mass is 252 g/mol. The molecule has 0 unspecified atom stereocenters. The molecule has 1 aliphatic rings. The molecule has 1 heterocycles. The van der Waals surface area contributed by atoms with Gasteiger partial charge in [0, 0.05) is 26.2 Å². The average molecular weight is 252 g/mol. The Bertz CT molecular complexity index is 538. The first-order valence-electron chi connectivity index (χ1n) is 6.87. The first-order chi connectivity index (χ1) is 9.36. The topological polar surface area (TPSA) is 15.3 Å². The molecule has 2 nitrogen and oxygen atoms in total. The molecule has 0 fully saturated rings. The van der Waals surface area contributed by atoms with Gasteiger partial charge in [0.15, 0.2) is 0 Å². The maximum absolute atomic E-state index is 3.25. The van der Waals surface area contributed by atoms with E-state index in [4.69, 9.17) is 0 Å². The van der Waals surface area contributed by atoms with Crippen LogP contribution < -0.4 is 5.32 Å². The van der Waals surface area contributed by atoms with Crippen LogP contribution in [0.2, 0.25) is 0 Å². The van der Waals surface area contributed by atoms with E-state index in [2.05, 4.69) is 58.7 Å². The molecular formula is C17H20N2. The standard InChI is InChI=1S/C17H20N2/c1-18-10-14-6-2-3-7-15(14)11-19-12-16-8-4-5-9-17(16)13-19/h2-9,18H,10-13H2,1H3. The summed E-state index contributed by atoms with van der Waals surface area (Å²) in [6.45, 7) is 4.12. The molecule has 2 aromatic carbocycles. The minimum Gasteiger partial charge on any atom is -0.316 e. The van der Waals surface area contributed by atoms with Gasteiger partial charge >= 0.3 is 0 Å². The second-order valence-electron chi connectivity index (χ2n) is 5.21. The molecule has 0 spiro atoms. The summed E-state index contributed by atoms with van der Waals surface area (Å²) < 4.78 is 0. The minimum absolute atomic E-state index is 0.941. The Morgan fingerprint density at radius 2 is 1.47 bits per heavy atom. The van der Waals surface area contributed by atoms with Crippen molar-refractivity contribution in [3.05, 3.63) is 70.8 Å². The molecule has 0 saturated carbocycles. The predicted molar refractivity (Wildman–Crippen MR) is 78.6 cm³/mol. The van der Waals surface area contributed by atoms with Crippen LogP contribution in [-0.2, 0) is 26.2 Å². The van der Waals surface area contributed by atoms with Gasteiger partial charge in [-0.3, -0.25) is 4.90 Å². The van der Waals surface area contributed by atoms with E-state index in [1.807, 2.05) is 7.05 Å². The summed E-state index contributed by atoms with van der Waals surface area (Å²) in [5.74, 6) is 0. The number of nitrogens with one attached hydrogen (secondary N) is 1. The molecule has 1 N–H and O–H groups in total. The molecule has 2 heteroatoms. The van der Waals surface area contributed by atoms with Crippen molar-refractivity contribution in [2.75, 3.05) is 7.05 Å². The van der Waals surface area contributed by atoms with Gasteiger partial charge in [0.05, 0.1) is 0 Å². The molecule has 0 atom stereocenters. The Kier molecular flexibility index (Phi) is 3.62. The van der Waals surface area contributed by atoms with Crippen molar-refractivity contribution < 1.29 is 0 Å². The van der Waals surface area contributed by atoms with Gasteiger partial charge in [-0.15, -0.1) is 0 Å². The second kappa shape index (κ2) is 5.55. The van der Waals surface area contributed by atoms with Crippen molar-refractivity contribution in [3.63, 3.8) is 0 Å². The Labute approximate surface area is 115 Å². The van der Waals surface area contributed by atoms with E-state index in [-0.39, 0.29) is 0 Å². The molecule has 1 aliphatic heterocycles. The third-order valence-corrected chi connectivity index (χ3v) is 3.79. The van der Waals surface area contributed by atoms with Gasteiger partial charge in [0.2, 0.25) is 0 Å². The fourth-order valence-corrected chi connectivity index (χ4v) is 2.83. The van der Waals surface area contributed by atoms with E-state index in [0.29, 0.717) is 0 Å². The van der Waals surface area contributed by atoms with Crippen LogP contribution in [0.3, 0.4) is 0 Å². The fraction of sp³-hybridized carbons (Fsp3) is 0.294. The van der Waals surface area contributed by atoms with Crippen LogP contribution >= 0.6 is 0 Å². The SMILES string of the molecule is CNCc1ccccc1CN1Cc2ccccc2C1. The lowest BCUT2D eigenvalue weighted by atomic mass is 10.1. The Hall–Kier alpha value is -1.64. The zero-order valence-corrected chi connectivity index (χ0v) is 11.4. The van der Waals surface area contributed by atoms with Crippen LogP contribution in [0.1, 0.15) is 22.3 Å². The van der Waals surface area contributed by atoms with Crippen molar-refractivity contribution in [1.82, 2.24) is 10.2 Å². The van der Waals surface area contributed by atoms with Gasteiger partial charge in [-0.05, 0) is 29.3 Å². The number of rotatable bonds is 4. The molecule has 0 radical (unpaired) electrons. The summed E-state index contributed by atoms with van der Waals surface area (Å²) in [4.78, 5) is 2.51. The maximum atomic E-state index is 3.25. The first kappa shape index (κ1) is 12.4. The van der Waals surface area contributed by atoms with Gasteiger partial charge in [0.25, 0.3) is 0 Å². The second-order valence-corrected chi connectivity index (χ2v) is 5.21. The van der Waals surface area contributed by atoms with Crippen LogP contribution in [-0.4, -0.2) is 11.9 Å². The third-order valence-electron chi connectivity index (χ3n) is 3.79. The highest BCUT2D eigenvalue weighted by Crippen LogP contribution is 2.24.